The van der Waals surface area contributed by atoms with Gasteiger partial charge in [-0.1, -0.05) is 6.42 Å². The van der Waals surface area contributed by atoms with E-state index in [1.165, 1.54) is 0 Å². The maximum absolute atomic E-state index is 12.6. The molecule has 3 heterocycles. The summed E-state index contributed by atoms with van der Waals surface area (Å²) in [6.45, 7) is 3.77. The third-order valence-electron chi connectivity index (χ3n) is 5.68. The average molecular weight is 345 g/mol. The molecule has 0 saturated carbocycles. The van der Waals surface area contributed by atoms with Crippen molar-refractivity contribution in [1.29, 1.82) is 0 Å². The molecule has 0 aromatic carbocycles. The summed E-state index contributed by atoms with van der Waals surface area (Å²) in [5.41, 5.74) is 1.85. The van der Waals surface area contributed by atoms with Gasteiger partial charge in [-0.25, -0.2) is 4.98 Å². The lowest BCUT2D eigenvalue weighted by Crippen LogP contribution is -2.55. The van der Waals surface area contributed by atoms with Gasteiger partial charge in [-0.15, -0.1) is 0 Å². The molecule has 2 aliphatic heterocycles. The molecule has 1 aromatic heterocycles. The average Bonchev–Trinajstić information content (AvgIpc) is 2.68. The van der Waals surface area contributed by atoms with Crippen LogP contribution in [-0.4, -0.2) is 59.5 Å². The standard InChI is InChI=1S/C18H27N5O2/c24-16-13-5-1-2-6-14(13)20-18(21-16)23-11-9-22(10-12-23)17(25)15-7-3-4-8-19-15/h15,19H,1-12H2,(H,20,21,24). The molecule has 1 aromatic rings. The van der Waals surface area contributed by atoms with Crippen LogP contribution in [0.3, 0.4) is 0 Å². The Morgan fingerprint density at radius 1 is 1.04 bits per heavy atom. The minimum atomic E-state index is -0.0121. The van der Waals surface area contributed by atoms with E-state index in [0.717, 1.165) is 75.8 Å². The van der Waals surface area contributed by atoms with Gasteiger partial charge in [0.1, 0.15) is 0 Å². The molecule has 1 unspecified atom stereocenters. The number of rotatable bonds is 2. The fourth-order valence-corrected chi connectivity index (χ4v) is 4.16. The van der Waals surface area contributed by atoms with Crippen molar-refractivity contribution in [2.24, 2.45) is 0 Å². The van der Waals surface area contributed by atoms with E-state index in [0.29, 0.717) is 19.0 Å². The van der Waals surface area contributed by atoms with Gasteiger partial charge in [0.2, 0.25) is 11.9 Å². The van der Waals surface area contributed by atoms with E-state index < -0.39 is 0 Å². The van der Waals surface area contributed by atoms with Gasteiger partial charge in [0.15, 0.2) is 0 Å². The van der Waals surface area contributed by atoms with Gasteiger partial charge in [0.05, 0.1) is 11.7 Å². The van der Waals surface area contributed by atoms with Crippen LogP contribution < -0.4 is 15.8 Å². The lowest BCUT2D eigenvalue weighted by Gasteiger charge is -2.37. The van der Waals surface area contributed by atoms with Crippen molar-refractivity contribution in [1.82, 2.24) is 20.2 Å². The topological polar surface area (TPSA) is 81.3 Å². The molecule has 0 spiro atoms. The van der Waals surface area contributed by atoms with Crippen molar-refractivity contribution in [3.05, 3.63) is 21.6 Å². The number of nitrogens with one attached hydrogen (secondary N) is 2. The number of amides is 1. The second-order valence-corrected chi connectivity index (χ2v) is 7.34. The normalized spacial score (nSPS) is 24.1. The predicted octanol–water partition coefficient (Wildman–Crippen LogP) is 0.439. The van der Waals surface area contributed by atoms with Crippen molar-refractivity contribution in [3.8, 4) is 0 Å². The minimum Gasteiger partial charge on any atom is -0.339 e. The lowest BCUT2D eigenvalue weighted by atomic mass is 9.97. The number of hydrogen-bond donors (Lipinski definition) is 2. The Balaban J connectivity index is 1.41. The minimum absolute atomic E-state index is 0.0121. The molecule has 2 N–H and O–H groups in total. The van der Waals surface area contributed by atoms with E-state index in [2.05, 4.69) is 15.2 Å². The highest BCUT2D eigenvalue weighted by atomic mass is 16.2. The number of piperazine rings is 1. The molecule has 136 valence electrons. The van der Waals surface area contributed by atoms with Crippen molar-refractivity contribution >= 4 is 11.9 Å². The fraction of sp³-hybridized carbons (Fsp3) is 0.722. The summed E-state index contributed by atoms with van der Waals surface area (Å²) >= 11 is 0. The van der Waals surface area contributed by atoms with Gasteiger partial charge < -0.3 is 15.1 Å². The Morgan fingerprint density at radius 2 is 1.84 bits per heavy atom. The Kier molecular flexibility index (Phi) is 4.74. The molecule has 2 fully saturated rings. The number of carbonyl (C=O) groups excluding carboxylic acids is 1. The Morgan fingerprint density at radius 3 is 2.60 bits per heavy atom. The molecule has 0 bridgehead atoms. The summed E-state index contributed by atoms with van der Waals surface area (Å²) in [6.07, 6.45) is 7.16. The monoisotopic (exact) mass is 345 g/mol. The molecule has 0 radical (unpaired) electrons. The maximum Gasteiger partial charge on any atom is 0.255 e. The van der Waals surface area contributed by atoms with Crippen LogP contribution in [0.4, 0.5) is 5.95 Å². The SMILES string of the molecule is O=C(C1CCCCN1)N1CCN(c2nc3c(c(=O)[nH]2)CCCC3)CC1. The number of aromatic nitrogens is 2. The molecular weight excluding hydrogens is 318 g/mol. The van der Waals surface area contributed by atoms with Crippen molar-refractivity contribution < 1.29 is 4.79 Å². The van der Waals surface area contributed by atoms with E-state index in [1.807, 2.05) is 4.90 Å². The molecule has 1 aliphatic carbocycles. The third kappa shape index (κ3) is 3.42. The number of H-pyrrole nitrogens is 1. The van der Waals surface area contributed by atoms with Crippen LogP contribution in [0.15, 0.2) is 4.79 Å². The number of aromatic amines is 1. The van der Waals surface area contributed by atoms with E-state index in [9.17, 15) is 9.59 Å². The van der Waals surface area contributed by atoms with Gasteiger partial charge in [0, 0.05) is 31.7 Å². The highest BCUT2D eigenvalue weighted by molar-refractivity contribution is 5.82. The summed E-state index contributed by atoms with van der Waals surface area (Å²) in [7, 11) is 0. The van der Waals surface area contributed by atoms with Crippen LogP contribution in [-0.2, 0) is 17.6 Å². The molecular formula is C18H27N5O2. The van der Waals surface area contributed by atoms with E-state index in [1.54, 1.807) is 0 Å². The Bertz CT molecular complexity index is 687. The van der Waals surface area contributed by atoms with Crippen molar-refractivity contribution in [2.45, 2.75) is 51.0 Å². The van der Waals surface area contributed by atoms with Gasteiger partial charge in [0.25, 0.3) is 5.56 Å². The summed E-state index contributed by atoms with van der Waals surface area (Å²) in [4.78, 5) is 36.7. The Hall–Kier alpha value is -1.89. The first-order valence-electron chi connectivity index (χ1n) is 9.61. The zero-order chi connectivity index (χ0) is 17.2. The van der Waals surface area contributed by atoms with Crippen molar-refractivity contribution in [3.63, 3.8) is 0 Å². The largest absolute Gasteiger partial charge is 0.339 e. The van der Waals surface area contributed by atoms with Gasteiger partial charge >= 0.3 is 0 Å². The van der Waals surface area contributed by atoms with Crippen LogP contribution in [0, 0.1) is 0 Å². The quantitative estimate of drug-likeness (QED) is 0.813. The van der Waals surface area contributed by atoms with Crippen molar-refractivity contribution in [2.75, 3.05) is 37.6 Å². The van der Waals surface area contributed by atoms with Gasteiger partial charge in [-0.05, 0) is 45.1 Å². The number of fused-ring (bicyclic) bond motifs is 1. The summed E-state index contributed by atoms with van der Waals surface area (Å²) < 4.78 is 0. The van der Waals surface area contributed by atoms with Crippen LogP contribution in [0.1, 0.15) is 43.4 Å². The zero-order valence-electron chi connectivity index (χ0n) is 14.7. The summed E-state index contributed by atoms with van der Waals surface area (Å²) in [5, 5.41) is 3.34. The van der Waals surface area contributed by atoms with Crippen LogP contribution in [0.25, 0.3) is 0 Å². The number of nitrogens with zero attached hydrogens (tertiary/aromatic N) is 3. The van der Waals surface area contributed by atoms with Crippen LogP contribution >= 0.6 is 0 Å². The first-order chi connectivity index (χ1) is 12.2. The van der Waals surface area contributed by atoms with E-state index in [-0.39, 0.29) is 17.5 Å². The number of carbonyl (C=O) groups is 1. The smallest absolute Gasteiger partial charge is 0.255 e. The first kappa shape index (κ1) is 16.6. The molecule has 25 heavy (non-hydrogen) atoms. The third-order valence-corrected chi connectivity index (χ3v) is 5.68. The molecule has 1 atom stereocenters. The van der Waals surface area contributed by atoms with Gasteiger partial charge in [-0.2, -0.15) is 0 Å². The van der Waals surface area contributed by atoms with E-state index in [4.69, 9.17) is 4.98 Å². The second kappa shape index (κ2) is 7.15. The van der Waals surface area contributed by atoms with Crippen LogP contribution in [0.2, 0.25) is 0 Å². The number of piperidine rings is 1. The summed E-state index contributed by atoms with van der Waals surface area (Å²) in [5.74, 6) is 0.903. The first-order valence-corrected chi connectivity index (χ1v) is 9.61. The second-order valence-electron chi connectivity index (χ2n) is 7.34. The lowest BCUT2D eigenvalue weighted by molar-refractivity contribution is -0.134. The highest BCUT2D eigenvalue weighted by Gasteiger charge is 2.29. The number of anilines is 1. The Labute approximate surface area is 147 Å². The summed E-state index contributed by atoms with van der Waals surface area (Å²) in [6, 6.07) is -0.0121. The maximum atomic E-state index is 12.6. The molecule has 7 nitrogen and oxygen atoms in total. The molecule has 4 rings (SSSR count). The number of hydrogen-bond acceptors (Lipinski definition) is 5. The predicted molar refractivity (Wildman–Crippen MR) is 95.9 cm³/mol. The molecule has 2 saturated heterocycles. The molecule has 3 aliphatic rings. The highest BCUT2D eigenvalue weighted by Crippen LogP contribution is 2.19. The van der Waals surface area contributed by atoms with E-state index >= 15 is 0 Å². The van der Waals surface area contributed by atoms with Crippen LogP contribution in [0.5, 0.6) is 0 Å². The molecule has 7 heteroatoms. The molecule has 1 amide bonds. The van der Waals surface area contributed by atoms with Gasteiger partial charge in [-0.3, -0.25) is 14.6 Å². The fourth-order valence-electron chi connectivity index (χ4n) is 4.16. The zero-order valence-corrected chi connectivity index (χ0v) is 14.7. The number of aryl methyl sites for hydroxylation is 1.